The number of anilines is 1. The van der Waals surface area contributed by atoms with Crippen molar-refractivity contribution >= 4 is 23.5 Å². The Labute approximate surface area is 163 Å². The molecule has 152 valence electrons. The molecule has 3 rings (SSSR count). The molecule has 28 heavy (non-hydrogen) atoms. The molecule has 8 heteroatoms. The van der Waals surface area contributed by atoms with Gasteiger partial charge in [-0.3, -0.25) is 14.4 Å². The Morgan fingerprint density at radius 3 is 2.29 bits per heavy atom. The lowest BCUT2D eigenvalue weighted by atomic mass is 9.86. The number of nitrogens with zero attached hydrogens (tertiary/aromatic N) is 2. The second-order valence-electron chi connectivity index (χ2n) is 7.57. The Morgan fingerprint density at radius 1 is 1.07 bits per heavy atom. The van der Waals surface area contributed by atoms with Crippen LogP contribution in [0.5, 0.6) is 0 Å². The number of nitrogens with one attached hydrogen (secondary N) is 1. The normalized spacial score (nSPS) is 22.2. The average Bonchev–Trinajstić information content (AvgIpc) is 3.07. The Hall–Kier alpha value is -2.64. The molecule has 0 unspecified atom stereocenters. The van der Waals surface area contributed by atoms with E-state index < -0.39 is 11.5 Å². The molecule has 7 nitrogen and oxygen atoms in total. The van der Waals surface area contributed by atoms with Gasteiger partial charge in [-0.05, 0) is 43.5 Å². The molecule has 0 aliphatic carbocycles. The van der Waals surface area contributed by atoms with Gasteiger partial charge in [0, 0.05) is 56.7 Å². The summed E-state index contributed by atoms with van der Waals surface area (Å²) in [7, 11) is 0. The third-order valence-electron chi connectivity index (χ3n) is 5.69. The van der Waals surface area contributed by atoms with E-state index in [1.807, 2.05) is 4.90 Å². The first-order chi connectivity index (χ1) is 13.4. The van der Waals surface area contributed by atoms with E-state index in [2.05, 4.69) is 10.2 Å². The van der Waals surface area contributed by atoms with Crippen molar-refractivity contribution in [3.8, 4) is 0 Å². The number of halogens is 1. The van der Waals surface area contributed by atoms with Crippen LogP contribution in [0.15, 0.2) is 24.3 Å². The van der Waals surface area contributed by atoms with Crippen LogP contribution < -0.4 is 10.2 Å². The number of piperazine rings is 1. The quantitative estimate of drug-likeness (QED) is 0.739. The first-order valence-electron chi connectivity index (χ1n) is 9.68. The highest BCUT2D eigenvalue weighted by Gasteiger charge is 2.38. The maximum absolute atomic E-state index is 13.1. The second kappa shape index (κ2) is 8.58. The number of hydrogen-bond acceptors (Lipinski definition) is 4. The molecule has 2 heterocycles. The molecule has 2 fully saturated rings. The van der Waals surface area contributed by atoms with E-state index in [1.165, 1.54) is 12.1 Å². The van der Waals surface area contributed by atoms with Gasteiger partial charge in [-0.25, -0.2) is 4.39 Å². The van der Waals surface area contributed by atoms with Crippen molar-refractivity contribution in [1.82, 2.24) is 10.2 Å². The van der Waals surface area contributed by atoms with Crippen molar-refractivity contribution in [2.45, 2.75) is 44.1 Å². The highest BCUT2D eigenvalue weighted by Crippen LogP contribution is 2.30. The van der Waals surface area contributed by atoms with Crippen molar-refractivity contribution in [1.29, 1.82) is 0 Å². The second-order valence-corrected chi connectivity index (χ2v) is 7.57. The molecule has 2 aliphatic heterocycles. The molecule has 0 saturated carbocycles. The van der Waals surface area contributed by atoms with E-state index in [0.29, 0.717) is 51.9 Å². The van der Waals surface area contributed by atoms with Gasteiger partial charge < -0.3 is 20.2 Å². The van der Waals surface area contributed by atoms with Gasteiger partial charge in [-0.15, -0.1) is 0 Å². The fraction of sp³-hybridized carbons (Fsp3) is 0.550. The average molecular weight is 391 g/mol. The standard InChI is InChI=1S/C20H26FN3O4/c21-15-1-3-16(4-2-15)23-11-13-24(14-12-23)18(26)6-9-20(10-7-19(27)28)8-5-17(25)22-20/h1-4H,5-14H2,(H,22,25)(H,27,28)/t20-/m1/s1. The van der Waals surface area contributed by atoms with Gasteiger partial charge in [0.05, 0.1) is 0 Å². The van der Waals surface area contributed by atoms with E-state index in [0.717, 1.165) is 5.69 Å². The molecule has 0 spiro atoms. The zero-order valence-corrected chi connectivity index (χ0v) is 15.8. The number of carbonyl (C=O) groups is 3. The maximum Gasteiger partial charge on any atom is 0.303 e. The molecule has 2 N–H and O–H groups in total. The molecule has 1 aromatic carbocycles. The number of benzene rings is 1. The lowest BCUT2D eigenvalue weighted by molar-refractivity contribution is -0.137. The summed E-state index contributed by atoms with van der Waals surface area (Å²) in [4.78, 5) is 39.1. The zero-order chi connectivity index (χ0) is 20.1. The lowest BCUT2D eigenvalue weighted by Gasteiger charge is -2.37. The summed E-state index contributed by atoms with van der Waals surface area (Å²) in [5.74, 6) is -1.22. The Balaban J connectivity index is 1.50. The number of carbonyl (C=O) groups excluding carboxylic acids is 2. The summed E-state index contributed by atoms with van der Waals surface area (Å²) in [6.07, 6.45) is 2.03. The highest BCUT2D eigenvalue weighted by molar-refractivity contribution is 5.80. The summed E-state index contributed by atoms with van der Waals surface area (Å²) < 4.78 is 13.1. The third-order valence-corrected chi connectivity index (χ3v) is 5.69. The number of aliphatic carboxylic acids is 1. The monoisotopic (exact) mass is 391 g/mol. The van der Waals surface area contributed by atoms with Crippen molar-refractivity contribution in [2.24, 2.45) is 0 Å². The number of amides is 2. The molecule has 0 radical (unpaired) electrons. The van der Waals surface area contributed by atoms with Crippen molar-refractivity contribution in [3.63, 3.8) is 0 Å². The minimum Gasteiger partial charge on any atom is -0.481 e. The molecule has 2 saturated heterocycles. The SMILES string of the molecule is O=C(O)CC[C@]1(CCC(=O)N2CCN(c3ccc(F)cc3)CC2)CCC(=O)N1. The number of carboxylic acids is 1. The molecule has 0 bridgehead atoms. The van der Waals surface area contributed by atoms with Crippen LogP contribution in [0.25, 0.3) is 0 Å². The molecular weight excluding hydrogens is 365 g/mol. The van der Waals surface area contributed by atoms with Crippen LogP contribution in [0.4, 0.5) is 10.1 Å². The van der Waals surface area contributed by atoms with Crippen LogP contribution >= 0.6 is 0 Å². The van der Waals surface area contributed by atoms with Gasteiger partial charge in [-0.2, -0.15) is 0 Å². The highest BCUT2D eigenvalue weighted by atomic mass is 19.1. The summed E-state index contributed by atoms with van der Waals surface area (Å²) in [6.45, 7) is 2.53. The maximum atomic E-state index is 13.1. The number of hydrogen-bond donors (Lipinski definition) is 2. The smallest absolute Gasteiger partial charge is 0.303 e. The molecule has 2 aliphatic rings. The van der Waals surface area contributed by atoms with E-state index in [9.17, 15) is 18.8 Å². The van der Waals surface area contributed by atoms with Crippen LogP contribution in [0.2, 0.25) is 0 Å². The van der Waals surface area contributed by atoms with Gasteiger partial charge in [0.1, 0.15) is 5.82 Å². The third kappa shape index (κ3) is 4.99. The van der Waals surface area contributed by atoms with Crippen LogP contribution in [-0.4, -0.2) is 59.5 Å². The summed E-state index contributed by atoms with van der Waals surface area (Å²) >= 11 is 0. The molecule has 1 aromatic rings. The van der Waals surface area contributed by atoms with Gasteiger partial charge in [0.15, 0.2) is 0 Å². The fourth-order valence-electron chi connectivity index (χ4n) is 3.99. The van der Waals surface area contributed by atoms with Crippen molar-refractivity contribution in [3.05, 3.63) is 30.1 Å². The van der Waals surface area contributed by atoms with Crippen LogP contribution in [0.1, 0.15) is 38.5 Å². The van der Waals surface area contributed by atoms with E-state index in [4.69, 9.17) is 5.11 Å². The first kappa shape index (κ1) is 20.1. The molecule has 0 aromatic heterocycles. The van der Waals surface area contributed by atoms with Gasteiger partial charge in [0.2, 0.25) is 11.8 Å². The van der Waals surface area contributed by atoms with Crippen LogP contribution in [0.3, 0.4) is 0 Å². The predicted octanol–water partition coefficient (Wildman–Crippen LogP) is 1.77. The van der Waals surface area contributed by atoms with Gasteiger partial charge in [0.25, 0.3) is 0 Å². The van der Waals surface area contributed by atoms with Crippen LogP contribution in [-0.2, 0) is 14.4 Å². The lowest BCUT2D eigenvalue weighted by Crippen LogP contribution is -2.49. The first-order valence-corrected chi connectivity index (χ1v) is 9.68. The number of carboxylic acid groups (broad SMARTS) is 1. The Morgan fingerprint density at radius 2 is 1.71 bits per heavy atom. The van der Waals surface area contributed by atoms with E-state index in [-0.39, 0.29) is 30.5 Å². The van der Waals surface area contributed by atoms with Crippen molar-refractivity contribution < 1.29 is 23.9 Å². The largest absolute Gasteiger partial charge is 0.481 e. The molecule has 2 amide bonds. The molecular formula is C20H26FN3O4. The van der Waals surface area contributed by atoms with E-state index >= 15 is 0 Å². The summed E-state index contributed by atoms with van der Waals surface area (Å²) in [5, 5.41) is 11.9. The van der Waals surface area contributed by atoms with Crippen molar-refractivity contribution in [2.75, 3.05) is 31.1 Å². The Bertz CT molecular complexity index is 731. The minimum atomic E-state index is -0.899. The topological polar surface area (TPSA) is 90.0 Å². The minimum absolute atomic E-state index is 0.0228. The van der Waals surface area contributed by atoms with E-state index in [1.54, 1.807) is 12.1 Å². The fourth-order valence-corrected chi connectivity index (χ4v) is 3.99. The molecule has 1 atom stereocenters. The zero-order valence-electron chi connectivity index (χ0n) is 15.8. The predicted molar refractivity (Wildman–Crippen MR) is 101 cm³/mol. The van der Waals surface area contributed by atoms with Gasteiger partial charge in [-0.1, -0.05) is 0 Å². The summed E-state index contributed by atoms with van der Waals surface area (Å²) in [6, 6.07) is 6.34. The van der Waals surface area contributed by atoms with Gasteiger partial charge >= 0.3 is 5.97 Å². The van der Waals surface area contributed by atoms with Crippen LogP contribution in [0, 0.1) is 5.82 Å². The number of rotatable bonds is 7. The Kier molecular flexibility index (Phi) is 6.16. The summed E-state index contributed by atoms with van der Waals surface area (Å²) in [5.41, 5.74) is 0.357.